The van der Waals surface area contributed by atoms with E-state index >= 15 is 0 Å². The largest absolute Gasteiger partial charge is 0.463 e. The monoisotopic (exact) mass is 239 g/mol. The van der Waals surface area contributed by atoms with Gasteiger partial charge < -0.3 is 15.2 Å². The highest BCUT2D eigenvalue weighted by molar-refractivity contribution is 5.89. The van der Waals surface area contributed by atoms with Gasteiger partial charge in [-0.1, -0.05) is 6.42 Å². The van der Waals surface area contributed by atoms with E-state index in [1.54, 1.807) is 0 Å². The molecule has 0 aromatic rings. The molecule has 17 heavy (non-hydrogen) atoms. The van der Waals surface area contributed by atoms with Crippen LogP contribution in [0.3, 0.4) is 0 Å². The lowest BCUT2D eigenvalue weighted by Gasteiger charge is -2.23. The van der Waals surface area contributed by atoms with E-state index in [0.29, 0.717) is 13.2 Å². The van der Waals surface area contributed by atoms with Crippen LogP contribution >= 0.6 is 0 Å². The molecule has 2 unspecified atom stereocenters. The Hall–Kier alpha value is -1.03. The summed E-state index contributed by atoms with van der Waals surface area (Å²) in [5, 5.41) is 13.5. The van der Waals surface area contributed by atoms with Crippen molar-refractivity contribution >= 4 is 5.97 Å². The highest BCUT2D eigenvalue weighted by Gasteiger charge is 2.43. The molecule has 0 aromatic heterocycles. The maximum Gasteiger partial charge on any atom is 0.335 e. The third kappa shape index (κ3) is 2.32. The molecule has 0 aromatic carbocycles. The number of nitrogens with one attached hydrogen (secondary N) is 1. The fourth-order valence-corrected chi connectivity index (χ4v) is 2.82. The number of aliphatic hydroxyl groups is 1. The fraction of sp³-hybridized carbons (Fsp3) is 0.769. The van der Waals surface area contributed by atoms with Gasteiger partial charge in [0.05, 0.1) is 17.8 Å². The number of ether oxygens (including phenoxy) is 1. The Morgan fingerprint density at radius 3 is 3.06 bits per heavy atom. The molecule has 4 heteroatoms. The summed E-state index contributed by atoms with van der Waals surface area (Å²) in [6, 6.07) is 0. The van der Waals surface area contributed by atoms with Gasteiger partial charge in [-0.05, 0) is 33.1 Å². The van der Waals surface area contributed by atoms with Crippen LogP contribution in [-0.2, 0) is 9.53 Å². The van der Waals surface area contributed by atoms with Crippen LogP contribution in [0.2, 0.25) is 0 Å². The number of hydrogen-bond donors (Lipinski definition) is 2. The summed E-state index contributed by atoms with van der Waals surface area (Å²) < 4.78 is 5.09. The Morgan fingerprint density at radius 2 is 2.35 bits per heavy atom. The van der Waals surface area contributed by atoms with Crippen LogP contribution in [0.1, 0.15) is 39.5 Å². The van der Waals surface area contributed by atoms with Gasteiger partial charge in [-0.15, -0.1) is 0 Å². The number of rotatable bonds is 2. The molecule has 2 N–H and O–H groups in total. The van der Waals surface area contributed by atoms with Crippen molar-refractivity contribution in [3.8, 4) is 0 Å². The van der Waals surface area contributed by atoms with Crippen molar-refractivity contribution in [2.24, 2.45) is 5.92 Å². The molecule has 0 bridgehead atoms. The fourth-order valence-electron chi connectivity index (χ4n) is 2.82. The van der Waals surface area contributed by atoms with Gasteiger partial charge in [0.2, 0.25) is 0 Å². The Labute approximate surface area is 102 Å². The molecule has 96 valence electrons. The van der Waals surface area contributed by atoms with E-state index in [-0.39, 0.29) is 11.9 Å². The summed E-state index contributed by atoms with van der Waals surface area (Å²) in [6.45, 7) is 4.58. The van der Waals surface area contributed by atoms with Gasteiger partial charge in [0.15, 0.2) is 0 Å². The second-order valence-corrected chi connectivity index (χ2v) is 5.12. The lowest BCUT2D eigenvalue weighted by atomic mass is 9.86. The molecule has 0 saturated carbocycles. The SMILES string of the molecule is CCOC(=O)C1=C2NCC(C)(O)C2CCCC1. The minimum Gasteiger partial charge on any atom is -0.463 e. The molecule has 2 rings (SSSR count). The van der Waals surface area contributed by atoms with Gasteiger partial charge in [-0.2, -0.15) is 0 Å². The van der Waals surface area contributed by atoms with E-state index in [9.17, 15) is 9.90 Å². The molecule has 1 aliphatic carbocycles. The molecular weight excluding hydrogens is 218 g/mol. The minimum atomic E-state index is -0.739. The van der Waals surface area contributed by atoms with E-state index < -0.39 is 5.60 Å². The first-order valence-corrected chi connectivity index (χ1v) is 6.42. The number of β-amino-alcohol motifs (C(OH)–C–C–N with tert-alkyl or cyclic N) is 1. The first-order valence-electron chi connectivity index (χ1n) is 6.42. The van der Waals surface area contributed by atoms with Crippen LogP contribution < -0.4 is 5.32 Å². The highest BCUT2D eigenvalue weighted by atomic mass is 16.5. The topological polar surface area (TPSA) is 58.6 Å². The molecule has 0 amide bonds. The number of fused-ring (bicyclic) bond motifs is 1. The van der Waals surface area contributed by atoms with E-state index in [0.717, 1.165) is 37.0 Å². The van der Waals surface area contributed by atoms with Gasteiger partial charge in [0, 0.05) is 18.2 Å². The molecule has 1 fully saturated rings. The number of hydrogen-bond acceptors (Lipinski definition) is 4. The Morgan fingerprint density at radius 1 is 1.59 bits per heavy atom. The zero-order valence-corrected chi connectivity index (χ0v) is 10.6. The van der Waals surface area contributed by atoms with E-state index in [1.807, 2.05) is 13.8 Å². The number of carbonyl (C=O) groups excluding carboxylic acids is 1. The van der Waals surface area contributed by atoms with Crippen molar-refractivity contribution in [3.05, 3.63) is 11.3 Å². The molecular formula is C13H21NO3. The average molecular weight is 239 g/mol. The van der Waals surface area contributed by atoms with Crippen molar-refractivity contribution in [3.63, 3.8) is 0 Å². The maximum absolute atomic E-state index is 11.9. The summed E-state index contributed by atoms with van der Waals surface area (Å²) in [5.41, 5.74) is 0.926. The second kappa shape index (κ2) is 4.69. The van der Waals surface area contributed by atoms with Gasteiger partial charge in [-0.3, -0.25) is 0 Å². The predicted octanol–water partition coefficient (Wildman–Crippen LogP) is 1.35. The third-order valence-corrected chi connectivity index (χ3v) is 3.75. The van der Waals surface area contributed by atoms with E-state index in [4.69, 9.17) is 4.74 Å². The molecule has 2 atom stereocenters. The van der Waals surface area contributed by atoms with Crippen molar-refractivity contribution in [1.82, 2.24) is 5.32 Å². The van der Waals surface area contributed by atoms with Gasteiger partial charge in [0.1, 0.15) is 0 Å². The zero-order chi connectivity index (χ0) is 12.5. The van der Waals surface area contributed by atoms with Crippen molar-refractivity contribution in [1.29, 1.82) is 0 Å². The smallest absolute Gasteiger partial charge is 0.335 e. The average Bonchev–Trinajstić information content (AvgIpc) is 2.49. The quantitative estimate of drug-likeness (QED) is 0.714. The van der Waals surface area contributed by atoms with Crippen LogP contribution in [0.15, 0.2) is 11.3 Å². The van der Waals surface area contributed by atoms with Crippen molar-refractivity contribution < 1.29 is 14.6 Å². The van der Waals surface area contributed by atoms with Crippen molar-refractivity contribution in [2.75, 3.05) is 13.2 Å². The second-order valence-electron chi connectivity index (χ2n) is 5.12. The lowest BCUT2D eigenvalue weighted by molar-refractivity contribution is -0.138. The number of esters is 1. The molecule has 0 radical (unpaired) electrons. The lowest BCUT2D eigenvalue weighted by Crippen LogP contribution is -2.33. The van der Waals surface area contributed by atoms with Crippen LogP contribution in [0.5, 0.6) is 0 Å². The highest BCUT2D eigenvalue weighted by Crippen LogP contribution is 2.38. The predicted molar refractivity (Wildman–Crippen MR) is 64.2 cm³/mol. The normalized spacial score (nSPS) is 32.8. The van der Waals surface area contributed by atoms with E-state index in [1.165, 1.54) is 0 Å². The molecule has 1 heterocycles. The summed E-state index contributed by atoms with van der Waals surface area (Å²) in [4.78, 5) is 11.9. The molecule has 1 aliphatic heterocycles. The Bertz CT molecular complexity index is 347. The number of carbonyl (C=O) groups is 1. The Kier molecular flexibility index (Phi) is 3.43. The van der Waals surface area contributed by atoms with Gasteiger partial charge in [-0.25, -0.2) is 4.79 Å². The standard InChI is InChI=1S/C13H21NO3/c1-3-17-12(15)9-6-4-5-7-10-11(9)14-8-13(10,2)16/h10,14,16H,3-8H2,1-2H3. The summed E-state index contributed by atoms with van der Waals surface area (Å²) in [5.74, 6) is -0.163. The molecule has 1 saturated heterocycles. The first-order chi connectivity index (χ1) is 8.06. The first kappa shape index (κ1) is 12.4. The van der Waals surface area contributed by atoms with Gasteiger partial charge >= 0.3 is 5.97 Å². The molecule has 0 spiro atoms. The van der Waals surface area contributed by atoms with Gasteiger partial charge in [0.25, 0.3) is 0 Å². The molecule has 4 nitrogen and oxygen atoms in total. The van der Waals surface area contributed by atoms with Crippen LogP contribution in [0.4, 0.5) is 0 Å². The Balaban J connectivity index is 2.30. The minimum absolute atomic E-state index is 0.0596. The zero-order valence-electron chi connectivity index (χ0n) is 10.6. The summed E-state index contributed by atoms with van der Waals surface area (Å²) >= 11 is 0. The van der Waals surface area contributed by atoms with Crippen LogP contribution in [0.25, 0.3) is 0 Å². The summed E-state index contributed by atoms with van der Waals surface area (Å²) in [6.07, 6.45) is 3.74. The summed E-state index contributed by atoms with van der Waals surface area (Å²) in [7, 11) is 0. The molecule has 2 aliphatic rings. The third-order valence-electron chi connectivity index (χ3n) is 3.75. The van der Waals surface area contributed by atoms with E-state index in [2.05, 4.69) is 5.32 Å². The maximum atomic E-state index is 11.9. The van der Waals surface area contributed by atoms with Crippen LogP contribution in [0, 0.1) is 5.92 Å². The van der Waals surface area contributed by atoms with Crippen LogP contribution in [-0.4, -0.2) is 29.8 Å². The van der Waals surface area contributed by atoms with Crippen molar-refractivity contribution in [2.45, 2.75) is 45.1 Å².